The zero-order valence-corrected chi connectivity index (χ0v) is 21.2. The molecule has 3 atom stereocenters. The van der Waals surface area contributed by atoms with Crippen LogP contribution in [0, 0.1) is 0 Å². The van der Waals surface area contributed by atoms with Gasteiger partial charge < -0.3 is 19.7 Å². The highest BCUT2D eigenvalue weighted by Crippen LogP contribution is 2.20. The maximum absolute atomic E-state index is 11.6. The quantitative estimate of drug-likeness (QED) is 0.302. The standard InChI is InChI=1S/C28H35NO5S/c1-21(13-14-27-15-16-28(35-27)22(2)30)29(17-23(31)19-33-25-9-5-3-6-10-25)18-24(32)20-34-26-11-7-4-8-12-26/h3-12,15-16,21,23-24,31-32H,13-14,17-20H2,1-2H3. The van der Waals surface area contributed by atoms with E-state index in [9.17, 15) is 15.0 Å². The first-order valence-corrected chi connectivity index (χ1v) is 12.8. The Morgan fingerprint density at radius 1 is 0.857 bits per heavy atom. The molecule has 2 aromatic carbocycles. The van der Waals surface area contributed by atoms with Gasteiger partial charge in [0.1, 0.15) is 36.9 Å². The van der Waals surface area contributed by atoms with E-state index in [1.807, 2.05) is 72.8 Å². The fourth-order valence-corrected chi connectivity index (χ4v) is 4.65. The van der Waals surface area contributed by atoms with Crippen LogP contribution in [-0.4, -0.2) is 65.4 Å². The Labute approximate surface area is 211 Å². The van der Waals surface area contributed by atoms with Gasteiger partial charge in [-0.05, 0) is 63.1 Å². The van der Waals surface area contributed by atoms with Gasteiger partial charge in [0.05, 0.1) is 4.88 Å². The number of thiophene rings is 1. The lowest BCUT2D eigenvalue weighted by Crippen LogP contribution is -2.46. The average Bonchev–Trinajstić information content (AvgIpc) is 3.35. The van der Waals surface area contributed by atoms with Crippen molar-refractivity contribution in [1.82, 2.24) is 4.90 Å². The van der Waals surface area contributed by atoms with Gasteiger partial charge in [0.25, 0.3) is 0 Å². The van der Waals surface area contributed by atoms with Gasteiger partial charge in [-0.25, -0.2) is 0 Å². The monoisotopic (exact) mass is 497 g/mol. The van der Waals surface area contributed by atoms with Crippen LogP contribution in [-0.2, 0) is 6.42 Å². The molecule has 0 aliphatic rings. The molecule has 0 saturated carbocycles. The Bertz CT molecular complexity index is 959. The van der Waals surface area contributed by atoms with Gasteiger partial charge >= 0.3 is 0 Å². The molecule has 6 nitrogen and oxygen atoms in total. The van der Waals surface area contributed by atoms with Crippen LogP contribution in [0.1, 0.15) is 34.8 Å². The first-order valence-electron chi connectivity index (χ1n) is 12.0. The molecule has 2 N–H and O–H groups in total. The van der Waals surface area contributed by atoms with E-state index in [0.29, 0.717) is 24.6 Å². The summed E-state index contributed by atoms with van der Waals surface area (Å²) in [6.07, 6.45) is 0.219. The molecular formula is C28H35NO5S. The molecule has 188 valence electrons. The summed E-state index contributed by atoms with van der Waals surface area (Å²) >= 11 is 1.53. The predicted molar refractivity (Wildman–Crippen MR) is 140 cm³/mol. The molecule has 7 heteroatoms. The summed E-state index contributed by atoms with van der Waals surface area (Å²) in [5, 5.41) is 21.4. The van der Waals surface area contributed by atoms with E-state index in [4.69, 9.17) is 9.47 Å². The Morgan fingerprint density at radius 3 is 1.83 bits per heavy atom. The van der Waals surface area contributed by atoms with E-state index in [1.54, 1.807) is 6.92 Å². The van der Waals surface area contributed by atoms with Gasteiger partial charge in [-0.2, -0.15) is 0 Å². The van der Waals surface area contributed by atoms with Gasteiger partial charge in [0, 0.05) is 24.0 Å². The number of carbonyl (C=O) groups excluding carboxylic acids is 1. The van der Waals surface area contributed by atoms with E-state index >= 15 is 0 Å². The number of rotatable bonds is 15. The minimum atomic E-state index is -0.717. The lowest BCUT2D eigenvalue weighted by molar-refractivity contribution is 0.0154. The van der Waals surface area contributed by atoms with Crippen LogP contribution in [0.4, 0.5) is 0 Å². The molecule has 35 heavy (non-hydrogen) atoms. The third kappa shape index (κ3) is 9.45. The minimum Gasteiger partial charge on any atom is -0.491 e. The summed E-state index contributed by atoms with van der Waals surface area (Å²) in [5.74, 6) is 1.50. The molecule has 1 aromatic heterocycles. The van der Waals surface area contributed by atoms with Crippen LogP contribution in [0.15, 0.2) is 72.8 Å². The number of hydrogen-bond donors (Lipinski definition) is 2. The van der Waals surface area contributed by atoms with Crippen molar-refractivity contribution >= 4 is 17.1 Å². The van der Waals surface area contributed by atoms with Crippen LogP contribution in [0.2, 0.25) is 0 Å². The van der Waals surface area contributed by atoms with E-state index < -0.39 is 12.2 Å². The number of Topliss-reactive ketones (excluding diaryl/α,β-unsaturated/α-hetero) is 1. The second-order valence-corrected chi connectivity index (χ2v) is 9.89. The number of para-hydroxylation sites is 2. The molecule has 0 fully saturated rings. The Balaban J connectivity index is 1.56. The fourth-order valence-electron chi connectivity index (χ4n) is 3.73. The number of ketones is 1. The van der Waals surface area contributed by atoms with E-state index in [-0.39, 0.29) is 25.0 Å². The van der Waals surface area contributed by atoms with Crippen LogP contribution >= 0.6 is 11.3 Å². The molecule has 1 heterocycles. The number of aliphatic hydroxyl groups excluding tert-OH is 2. The molecule has 3 aromatic rings. The van der Waals surface area contributed by atoms with Crippen molar-refractivity contribution in [2.24, 2.45) is 0 Å². The third-order valence-corrected chi connectivity index (χ3v) is 6.95. The van der Waals surface area contributed by atoms with Crippen molar-refractivity contribution in [1.29, 1.82) is 0 Å². The summed E-state index contributed by atoms with van der Waals surface area (Å²) in [4.78, 5) is 15.6. The molecule has 0 amide bonds. The van der Waals surface area contributed by atoms with Gasteiger partial charge in [-0.1, -0.05) is 36.4 Å². The zero-order chi connectivity index (χ0) is 25.0. The van der Waals surface area contributed by atoms with Crippen molar-refractivity contribution in [2.45, 2.75) is 44.9 Å². The van der Waals surface area contributed by atoms with Crippen molar-refractivity contribution in [3.63, 3.8) is 0 Å². The number of benzene rings is 2. The second kappa shape index (κ2) is 14.0. The van der Waals surface area contributed by atoms with Crippen molar-refractivity contribution in [3.8, 4) is 11.5 Å². The highest BCUT2D eigenvalue weighted by Gasteiger charge is 2.22. The topological polar surface area (TPSA) is 79.2 Å². The number of ether oxygens (including phenoxy) is 2. The molecule has 0 aliphatic carbocycles. The largest absolute Gasteiger partial charge is 0.491 e. The summed E-state index contributed by atoms with van der Waals surface area (Å²) in [6.45, 7) is 4.72. The van der Waals surface area contributed by atoms with Crippen molar-refractivity contribution < 1.29 is 24.5 Å². The van der Waals surface area contributed by atoms with Crippen molar-refractivity contribution in [3.05, 3.63) is 82.6 Å². The molecule has 0 radical (unpaired) electrons. The highest BCUT2D eigenvalue weighted by molar-refractivity contribution is 7.14. The number of aryl methyl sites for hydroxylation is 1. The maximum Gasteiger partial charge on any atom is 0.169 e. The Kier molecular flexibility index (Phi) is 10.8. The van der Waals surface area contributed by atoms with Crippen LogP contribution in [0.25, 0.3) is 0 Å². The first kappa shape index (κ1) is 26.9. The minimum absolute atomic E-state index is 0.0824. The molecule has 0 spiro atoms. The SMILES string of the molecule is CC(=O)c1ccc(CCC(C)N(CC(O)COc2ccccc2)CC(O)COc2ccccc2)s1. The number of carbonyl (C=O) groups is 1. The van der Waals surface area contributed by atoms with Gasteiger partial charge in [0.2, 0.25) is 0 Å². The van der Waals surface area contributed by atoms with Crippen LogP contribution < -0.4 is 9.47 Å². The Hall–Kier alpha value is -2.71. The normalized spacial score (nSPS) is 13.9. The van der Waals surface area contributed by atoms with E-state index in [2.05, 4.69) is 11.8 Å². The van der Waals surface area contributed by atoms with Gasteiger partial charge in [-0.15, -0.1) is 11.3 Å². The fraction of sp³-hybridized carbons (Fsp3) is 0.393. The van der Waals surface area contributed by atoms with Crippen LogP contribution in [0.5, 0.6) is 11.5 Å². The number of hydrogen-bond acceptors (Lipinski definition) is 7. The molecule has 0 saturated heterocycles. The summed E-state index contributed by atoms with van der Waals surface area (Å²) in [5.41, 5.74) is 0. The molecule has 0 bridgehead atoms. The van der Waals surface area contributed by atoms with Crippen LogP contribution in [0.3, 0.4) is 0 Å². The number of nitrogens with zero attached hydrogens (tertiary/aromatic N) is 1. The first-order chi connectivity index (χ1) is 16.9. The molecular weight excluding hydrogens is 462 g/mol. The Morgan fingerprint density at radius 2 is 1.37 bits per heavy atom. The number of aliphatic hydroxyl groups is 2. The molecule has 3 unspecified atom stereocenters. The average molecular weight is 498 g/mol. The summed E-state index contributed by atoms with van der Waals surface area (Å²) < 4.78 is 11.4. The third-order valence-electron chi connectivity index (χ3n) is 5.70. The summed E-state index contributed by atoms with van der Waals surface area (Å²) in [6, 6.07) is 22.8. The lowest BCUT2D eigenvalue weighted by Gasteiger charge is -2.32. The summed E-state index contributed by atoms with van der Waals surface area (Å²) in [7, 11) is 0. The molecule has 3 rings (SSSR count). The maximum atomic E-state index is 11.6. The van der Waals surface area contributed by atoms with E-state index in [1.165, 1.54) is 11.3 Å². The second-order valence-electron chi connectivity index (χ2n) is 8.72. The van der Waals surface area contributed by atoms with Gasteiger partial charge in [-0.3, -0.25) is 9.69 Å². The zero-order valence-electron chi connectivity index (χ0n) is 20.4. The van der Waals surface area contributed by atoms with Crippen molar-refractivity contribution in [2.75, 3.05) is 26.3 Å². The van der Waals surface area contributed by atoms with E-state index in [0.717, 1.165) is 22.6 Å². The van der Waals surface area contributed by atoms with Gasteiger partial charge in [0.15, 0.2) is 5.78 Å². The smallest absolute Gasteiger partial charge is 0.169 e. The predicted octanol–water partition coefficient (Wildman–Crippen LogP) is 4.45. The molecule has 0 aliphatic heterocycles. The lowest BCUT2D eigenvalue weighted by atomic mass is 10.1. The highest BCUT2D eigenvalue weighted by atomic mass is 32.1.